The topological polar surface area (TPSA) is 66.0 Å². The molecule has 0 saturated heterocycles. The number of aromatic nitrogens is 3. The molecule has 2 N–H and O–H groups in total. The second-order valence-electron chi connectivity index (χ2n) is 5.81. The van der Waals surface area contributed by atoms with Crippen LogP contribution in [0.1, 0.15) is 57.7 Å². The summed E-state index contributed by atoms with van der Waals surface area (Å²) in [5, 5.41) is 8.15. The van der Waals surface area contributed by atoms with Crippen LogP contribution in [-0.2, 0) is 11.3 Å². The van der Waals surface area contributed by atoms with E-state index < -0.39 is 0 Å². The molecule has 1 atom stereocenters. The third kappa shape index (κ3) is 2.82. The van der Waals surface area contributed by atoms with E-state index in [1.165, 1.54) is 12.8 Å². The lowest BCUT2D eigenvalue weighted by Gasteiger charge is -2.42. The average molecular weight is 266 g/mol. The Morgan fingerprint density at radius 1 is 1.53 bits per heavy atom. The van der Waals surface area contributed by atoms with Gasteiger partial charge in [0.2, 0.25) is 0 Å². The largest absolute Gasteiger partial charge is 0.376 e. The van der Waals surface area contributed by atoms with Gasteiger partial charge in [0.05, 0.1) is 23.5 Å². The molecule has 0 amide bonds. The molecular weight excluding hydrogens is 240 g/mol. The van der Waals surface area contributed by atoms with Crippen LogP contribution in [0.2, 0.25) is 0 Å². The van der Waals surface area contributed by atoms with E-state index >= 15 is 0 Å². The molecule has 1 fully saturated rings. The fourth-order valence-corrected chi connectivity index (χ4v) is 3.05. The zero-order valence-corrected chi connectivity index (χ0v) is 12.3. The number of hydrogen-bond acceptors (Lipinski definition) is 4. The van der Waals surface area contributed by atoms with Gasteiger partial charge in [-0.25, -0.2) is 4.68 Å². The Bertz CT molecular complexity index is 396. The first-order valence-electron chi connectivity index (χ1n) is 7.32. The summed E-state index contributed by atoms with van der Waals surface area (Å²) < 4.78 is 7.77. The van der Waals surface area contributed by atoms with Gasteiger partial charge in [-0.2, -0.15) is 0 Å². The Morgan fingerprint density at radius 3 is 2.79 bits per heavy atom. The molecule has 0 bridgehead atoms. The lowest BCUT2D eigenvalue weighted by Crippen LogP contribution is -2.46. The van der Waals surface area contributed by atoms with Crippen LogP contribution in [0.15, 0.2) is 6.20 Å². The van der Waals surface area contributed by atoms with Crippen LogP contribution in [0, 0.1) is 5.92 Å². The normalized spacial score (nSPS) is 29.4. The highest BCUT2D eigenvalue weighted by Gasteiger charge is 2.41. The molecule has 1 aromatic heterocycles. The number of aryl methyl sites for hydroxylation is 1. The molecule has 1 aliphatic rings. The summed E-state index contributed by atoms with van der Waals surface area (Å²) in [5.41, 5.74) is 7.26. The number of ether oxygens (including phenoxy) is 1. The van der Waals surface area contributed by atoms with Gasteiger partial charge in [-0.05, 0) is 38.0 Å². The highest BCUT2D eigenvalue weighted by molar-refractivity contribution is 5.10. The predicted octanol–water partition coefficient (Wildman–Crippen LogP) is 2.28. The van der Waals surface area contributed by atoms with Crippen molar-refractivity contribution in [2.45, 2.75) is 64.1 Å². The molecule has 5 nitrogen and oxygen atoms in total. The monoisotopic (exact) mass is 266 g/mol. The highest BCUT2D eigenvalue weighted by atomic mass is 16.5. The summed E-state index contributed by atoms with van der Waals surface area (Å²) in [6.45, 7) is 5.29. The van der Waals surface area contributed by atoms with Crippen molar-refractivity contribution in [3.63, 3.8) is 0 Å². The summed E-state index contributed by atoms with van der Waals surface area (Å²) in [6.07, 6.45) is 7.21. The molecule has 2 rings (SSSR count). The van der Waals surface area contributed by atoms with Crippen molar-refractivity contribution in [3.05, 3.63) is 11.9 Å². The number of rotatable bonds is 5. The van der Waals surface area contributed by atoms with Gasteiger partial charge in [-0.1, -0.05) is 19.1 Å². The highest BCUT2D eigenvalue weighted by Crippen LogP contribution is 2.41. The number of hydrogen-bond donors (Lipinski definition) is 1. The minimum Gasteiger partial charge on any atom is -0.376 e. The lowest BCUT2D eigenvalue weighted by atomic mass is 9.74. The molecule has 108 valence electrons. The van der Waals surface area contributed by atoms with Gasteiger partial charge in [0.1, 0.15) is 0 Å². The maximum atomic E-state index is 6.51. The SMILES string of the molecule is CCCn1nncc1C(N)C1(OC)CCC(C)CC1. The van der Waals surface area contributed by atoms with Gasteiger partial charge < -0.3 is 10.5 Å². The summed E-state index contributed by atoms with van der Waals surface area (Å²) in [5.74, 6) is 0.772. The summed E-state index contributed by atoms with van der Waals surface area (Å²) >= 11 is 0. The third-order valence-electron chi connectivity index (χ3n) is 4.50. The number of nitrogens with zero attached hydrogens (tertiary/aromatic N) is 3. The van der Waals surface area contributed by atoms with E-state index in [1.54, 1.807) is 13.3 Å². The Kier molecular flexibility index (Phi) is 4.58. The average Bonchev–Trinajstić information content (AvgIpc) is 2.88. The summed E-state index contributed by atoms with van der Waals surface area (Å²) in [4.78, 5) is 0. The van der Waals surface area contributed by atoms with Gasteiger partial charge in [0.25, 0.3) is 0 Å². The van der Waals surface area contributed by atoms with Crippen LogP contribution in [0.25, 0.3) is 0 Å². The molecule has 0 aliphatic heterocycles. The fraction of sp³-hybridized carbons (Fsp3) is 0.857. The first-order valence-corrected chi connectivity index (χ1v) is 7.32. The Labute approximate surface area is 115 Å². The van der Waals surface area contributed by atoms with Gasteiger partial charge in [0.15, 0.2) is 0 Å². The molecule has 19 heavy (non-hydrogen) atoms. The third-order valence-corrected chi connectivity index (χ3v) is 4.50. The minimum absolute atomic E-state index is 0.147. The first-order chi connectivity index (χ1) is 9.13. The Hall–Kier alpha value is -0.940. The van der Waals surface area contributed by atoms with E-state index in [4.69, 9.17) is 10.5 Å². The summed E-state index contributed by atoms with van der Waals surface area (Å²) in [7, 11) is 1.78. The second kappa shape index (κ2) is 6.01. The number of nitrogens with two attached hydrogens (primary N) is 1. The molecule has 0 aromatic carbocycles. The van der Waals surface area contributed by atoms with Crippen LogP contribution in [0.5, 0.6) is 0 Å². The van der Waals surface area contributed by atoms with Crippen molar-refractivity contribution in [2.75, 3.05) is 7.11 Å². The maximum Gasteiger partial charge on any atom is 0.0886 e. The van der Waals surface area contributed by atoms with Crippen LogP contribution in [-0.4, -0.2) is 27.7 Å². The van der Waals surface area contributed by atoms with Gasteiger partial charge in [0, 0.05) is 13.7 Å². The molecule has 1 aliphatic carbocycles. The van der Waals surface area contributed by atoms with E-state index in [-0.39, 0.29) is 11.6 Å². The van der Waals surface area contributed by atoms with E-state index in [1.807, 2.05) is 4.68 Å². The van der Waals surface area contributed by atoms with E-state index in [0.29, 0.717) is 0 Å². The van der Waals surface area contributed by atoms with Crippen molar-refractivity contribution < 1.29 is 4.74 Å². The van der Waals surface area contributed by atoms with Crippen molar-refractivity contribution >= 4 is 0 Å². The van der Waals surface area contributed by atoms with Crippen molar-refractivity contribution in [1.82, 2.24) is 15.0 Å². The molecule has 1 saturated carbocycles. The van der Waals surface area contributed by atoms with E-state index in [0.717, 1.165) is 37.4 Å². The first kappa shape index (κ1) is 14.5. The van der Waals surface area contributed by atoms with Crippen molar-refractivity contribution in [1.29, 1.82) is 0 Å². The Balaban J connectivity index is 2.20. The van der Waals surface area contributed by atoms with Crippen LogP contribution in [0.3, 0.4) is 0 Å². The minimum atomic E-state index is -0.250. The smallest absolute Gasteiger partial charge is 0.0886 e. The van der Waals surface area contributed by atoms with Crippen molar-refractivity contribution in [3.8, 4) is 0 Å². The zero-order chi connectivity index (χ0) is 13.9. The quantitative estimate of drug-likeness (QED) is 0.888. The summed E-state index contributed by atoms with van der Waals surface area (Å²) in [6, 6.07) is -0.147. The maximum absolute atomic E-state index is 6.51. The molecule has 1 unspecified atom stereocenters. The van der Waals surface area contributed by atoms with Crippen molar-refractivity contribution in [2.24, 2.45) is 11.7 Å². The molecule has 0 spiro atoms. The standard InChI is InChI=1S/C14H26N4O/c1-4-9-18-12(10-16-17-18)13(15)14(19-3)7-5-11(2)6-8-14/h10-11,13H,4-9,15H2,1-3H3. The zero-order valence-electron chi connectivity index (χ0n) is 12.3. The van der Waals surface area contributed by atoms with Gasteiger partial charge >= 0.3 is 0 Å². The second-order valence-corrected chi connectivity index (χ2v) is 5.81. The molecule has 5 heteroatoms. The molecular formula is C14H26N4O. The molecule has 1 aromatic rings. The van der Waals surface area contributed by atoms with E-state index in [2.05, 4.69) is 24.2 Å². The predicted molar refractivity (Wildman–Crippen MR) is 74.6 cm³/mol. The number of methoxy groups -OCH3 is 1. The van der Waals surface area contributed by atoms with Crippen LogP contribution >= 0.6 is 0 Å². The fourth-order valence-electron chi connectivity index (χ4n) is 3.05. The van der Waals surface area contributed by atoms with Gasteiger partial charge in [-0.3, -0.25) is 0 Å². The Morgan fingerprint density at radius 2 is 2.21 bits per heavy atom. The van der Waals surface area contributed by atoms with Crippen LogP contribution < -0.4 is 5.73 Å². The lowest BCUT2D eigenvalue weighted by molar-refractivity contribution is -0.0688. The van der Waals surface area contributed by atoms with Gasteiger partial charge in [-0.15, -0.1) is 5.10 Å². The van der Waals surface area contributed by atoms with Crippen LogP contribution in [0.4, 0.5) is 0 Å². The molecule has 1 heterocycles. The molecule has 0 radical (unpaired) electrons. The van der Waals surface area contributed by atoms with E-state index in [9.17, 15) is 0 Å².